The molecule has 0 aromatic heterocycles. The molecule has 0 spiro atoms. The summed E-state index contributed by atoms with van der Waals surface area (Å²) in [6.07, 6.45) is 4.32. The van der Waals surface area contributed by atoms with Crippen molar-refractivity contribution in [2.45, 2.75) is 39.2 Å². The Morgan fingerprint density at radius 3 is 3.00 bits per heavy atom. The van der Waals surface area contributed by atoms with Crippen molar-refractivity contribution in [3.8, 4) is 0 Å². The second kappa shape index (κ2) is 7.45. The van der Waals surface area contributed by atoms with Crippen LogP contribution in [0.4, 0.5) is 0 Å². The number of carbonyl (C=O) groups is 1. The van der Waals surface area contributed by atoms with Gasteiger partial charge in [0.1, 0.15) is 12.9 Å². The Morgan fingerprint density at radius 2 is 2.35 bits per heavy atom. The van der Waals surface area contributed by atoms with Gasteiger partial charge in [0.05, 0.1) is 0 Å². The van der Waals surface area contributed by atoms with Gasteiger partial charge in [0, 0.05) is 26.2 Å². The molecule has 0 saturated carbocycles. The van der Waals surface area contributed by atoms with Crippen molar-refractivity contribution in [3.63, 3.8) is 0 Å². The van der Waals surface area contributed by atoms with E-state index in [1.165, 1.54) is 0 Å². The minimum atomic E-state index is -0.207. The van der Waals surface area contributed by atoms with E-state index in [4.69, 9.17) is 14.2 Å². The number of rotatable bonds is 7. The van der Waals surface area contributed by atoms with Crippen molar-refractivity contribution in [2.75, 3.05) is 20.5 Å². The highest BCUT2D eigenvalue weighted by Gasteiger charge is 2.21. The molecule has 1 aliphatic rings. The highest BCUT2D eigenvalue weighted by Crippen LogP contribution is 2.22. The van der Waals surface area contributed by atoms with Crippen molar-refractivity contribution >= 4 is 5.97 Å². The summed E-state index contributed by atoms with van der Waals surface area (Å²) < 4.78 is 15.3. The summed E-state index contributed by atoms with van der Waals surface area (Å²) in [7, 11) is 1.61. The van der Waals surface area contributed by atoms with Crippen LogP contribution in [0.1, 0.15) is 33.1 Å². The van der Waals surface area contributed by atoms with Crippen LogP contribution in [0.15, 0.2) is 11.6 Å². The first-order valence-electron chi connectivity index (χ1n) is 6.06. The molecular weight excluding hydrogens is 220 g/mol. The number of carbonyl (C=O) groups excluding carboxylic acids is 1. The zero-order chi connectivity index (χ0) is 12.7. The van der Waals surface area contributed by atoms with Crippen molar-refractivity contribution < 1.29 is 19.0 Å². The molecule has 0 fully saturated rings. The maximum atomic E-state index is 11.2. The smallest absolute Gasteiger partial charge is 0.330 e. The molecule has 0 N–H and O–H groups in total. The van der Waals surface area contributed by atoms with Crippen molar-refractivity contribution in [3.05, 3.63) is 11.6 Å². The predicted octanol–water partition coefficient (Wildman–Crippen LogP) is 2.29. The van der Waals surface area contributed by atoms with Gasteiger partial charge in [0.25, 0.3) is 0 Å². The van der Waals surface area contributed by atoms with Gasteiger partial charge in [0.2, 0.25) is 0 Å². The predicted molar refractivity (Wildman–Crippen MR) is 64.5 cm³/mol. The summed E-state index contributed by atoms with van der Waals surface area (Å²) in [4.78, 5) is 11.2. The normalized spacial score (nSPS) is 21.9. The first-order valence-corrected chi connectivity index (χ1v) is 6.06. The highest BCUT2D eigenvalue weighted by molar-refractivity contribution is 5.83. The van der Waals surface area contributed by atoms with E-state index >= 15 is 0 Å². The standard InChI is InChI=1S/C13H22O4/c1-10(4-5-16-9-15-3)6-12-7-11(2)8-13(14)17-12/h8,10,12H,4-7,9H2,1-3H3/t10-,12?/m0/s1. The molecule has 0 aromatic rings. The van der Waals surface area contributed by atoms with E-state index in [2.05, 4.69) is 6.92 Å². The third kappa shape index (κ3) is 5.84. The third-order valence-electron chi connectivity index (χ3n) is 2.82. The van der Waals surface area contributed by atoms with E-state index in [9.17, 15) is 4.79 Å². The Kier molecular flexibility index (Phi) is 6.22. The molecule has 0 radical (unpaired) electrons. The molecule has 1 heterocycles. The molecule has 4 heteroatoms. The van der Waals surface area contributed by atoms with Crippen LogP contribution in [0.2, 0.25) is 0 Å². The van der Waals surface area contributed by atoms with E-state index in [1.54, 1.807) is 13.2 Å². The van der Waals surface area contributed by atoms with Gasteiger partial charge in [-0.15, -0.1) is 0 Å². The lowest BCUT2D eigenvalue weighted by molar-refractivity contribution is -0.145. The van der Waals surface area contributed by atoms with Crippen LogP contribution in [0.5, 0.6) is 0 Å². The number of cyclic esters (lactones) is 1. The fraction of sp³-hybridized carbons (Fsp3) is 0.769. The molecule has 0 aliphatic carbocycles. The minimum absolute atomic E-state index is 0.0323. The van der Waals surface area contributed by atoms with Crippen LogP contribution in [-0.2, 0) is 19.0 Å². The maximum Gasteiger partial charge on any atom is 0.330 e. The first kappa shape index (κ1) is 14.2. The van der Waals surface area contributed by atoms with E-state index in [0.29, 0.717) is 19.3 Å². The van der Waals surface area contributed by atoms with Gasteiger partial charge in [-0.25, -0.2) is 4.79 Å². The number of hydrogen-bond donors (Lipinski definition) is 0. The van der Waals surface area contributed by atoms with Gasteiger partial charge in [-0.1, -0.05) is 12.5 Å². The van der Waals surface area contributed by atoms with Crippen LogP contribution in [0.25, 0.3) is 0 Å². The molecule has 2 atom stereocenters. The quantitative estimate of drug-likeness (QED) is 0.390. The van der Waals surface area contributed by atoms with Crippen LogP contribution in [0.3, 0.4) is 0 Å². The average molecular weight is 242 g/mol. The lowest BCUT2D eigenvalue weighted by Gasteiger charge is -2.24. The molecule has 1 rings (SSSR count). The number of esters is 1. The first-order chi connectivity index (χ1) is 8.11. The summed E-state index contributed by atoms with van der Waals surface area (Å²) in [5.41, 5.74) is 1.11. The SMILES string of the molecule is COCOCC[C@H](C)CC1CC(C)=CC(=O)O1. The Balaban J connectivity index is 2.20. The van der Waals surface area contributed by atoms with Gasteiger partial charge in [-0.3, -0.25) is 0 Å². The fourth-order valence-electron chi connectivity index (χ4n) is 1.98. The second-order valence-electron chi connectivity index (χ2n) is 4.70. The third-order valence-corrected chi connectivity index (χ3v) is 2.82. The van der Waals surface area contributed by atoms with Gasteiger partial charge in [-0.2, -0.15) is 0 Å². The van der Waals surface area contributed by atoms with Crippen molar-refractivity contribution in [2.24, 2.45) is 5.92 Å². The van der Waals surface area contributed by atoms with E-state index in [0.717, 1.165) is 24.8 Å². The topological polar surface area (TPSA) is 44.8 Å². The van der Waals surface area contributed by atoms with Crippen LogP contribution in [-0.4, -0.2) is 32.6 Å². The second-order valence-corrected chi connectivity index (χ2v) is 4.70. The van der Waals surface area contributed by atoms with E-state index in [1.807, 2.05) is 6.92 Å². The fourth-order valence-corrected chi connectivity index (χ4v) is 1.98. The molecule has 0 saturated heterocycles. The monoisotopic (exact) mass is 242 g/mol. The summed E-state index contributed by atoms with van der Waals surface area (Å²) >= 11 is 0. The minimum Gasteiger partial charge on any atom is -0.459 e. The van der Waals surface area contributed by atoms with Crippen LogP contribution in [0, 0.1) is 5.92 Å². The van der Waals surface area contributed by atoms with Gasteiger partial charge >= 0.3 is 5.97 Å². The van der Waals surface area contributed by atoms with Crippen LogP contribution >= 0.6 is 0 Å². The molecule has 4 nitrogen and oxygen atoms in total. The lowest BCUT2D eigenvalue weighted by atomic mass is 9.95. The summed E-state index contributed by atoms with van der Waals surface area (Å²) in [5.74, 6) is 0.275. The van der Waals surface area contributed by atoms with E-state index in [-0.39, 0.29) is 12.1 Å². The highest BCUT2D eigenvalue weighted by atomic mass is 16.7. The van der Waals surface area contributed by atoms with Crippen molar-refractivity contribution in [1.29, 1.82) is 0 Å². The van der Waals surface area contributed by atoms with E-state index < -0.39 is 0 Å². The molecule has 1 aliphatic heterocycles. The molecule has 0 amide bonds. The van der Waals surface area contributed by atoms with Gasteiger partial charge in [-0.05, 0) is 25.7 Å². The molecule has 0 bridgehead atoms. The number of methoxy groups -OCH3 is 1. The lowest BCUT2D eigenvalue weighted by Crippen LogP contribution is -2.24. The van der Waals surface area contributed by atoms with Crippen LogP contribution < -0.4 is 0 Å². The van der Waals surface area contributed by atoms with Crippen molar-refractivity contribution in [1.82, 2.24) is 0 Å². The largest absolute Gasteiger partial charge is 0.459 e. The van der Waals surface area contributed by atoms with Gasteiger partial charge in [0.15, 0.2) is 0 Å². The maximum absolute atomic E-state index is 11.2. The molecule has 98 valence electrons. The number of hydrogen-bond acceptors (Lipinski definition) is 4. The Bertz CT molecular complexity index is 273. The molecule has 1 unspecified atom stereocenters. The van der Waals surface area contributed by atoms with Gasteiger partial charge < -0.3 is 14.2 Å². The average Bonchev–Trinajstić information content (AvgIpc) is 2.23. The zero-order valence-corrected chi connectivity index (χ0v) is 10.9. The summed E-state index contributed by atoms with van der Waals surface area (Å²) in [5, 5.41) is 0. The zero-order valence-electron chi connectivity index (χ0n) is 10.9. The number of ether oxygens (including phenoxy) is 3. The Hall–Kier alpha value is -0.870. The Labute approximate surface area is 103 Å². The summed E-state index contributed by atoms with van der Waals surface area (Å²) in [6.45, 7) is 5.15. The Morgan fingerprint density at radius 1 is 1.59 bits per heavy atom. The molecule has 17 heavy (non-hydrogen) atoms. The molecule has 0 aromatic carbocycles. The summed E-state index contributed by atoms with van der Waals surface area (Å²) in [6, 6.07) is 0. The molecular formula is C13H22O4.